The first-order valence-electron chi connectivity index (χ1n) is 12.3. The molecule has 0 spiro atoms. The number of rotatable bonds is 7. The third-order valence-corrected chi connectivity index (χ3v) is 7.01. The van der Waals surface area contributed by atoms with Crippen LogP contribution >= 0.6 is 0 Å². The molecule has 4 rings (SSSR count). The van der Waals surface area contributed by atoms with E-state index in [2.05, 4.69) is 10.6 Å². The number of fused-ring (bicyclic) bond motifs is 1. The average Bonchev–Trinajstić information content (AvgIpc) is 3.11. The van der Waals surface area contributed by atoms with E-state index in [1.165, 1.54) is 16.8 Å². The molecule has 2 aliphatic carbocycles. The second-order valence-corrected chi connectivity index (χ2v) is 9.45. The van der Waals surface area contributed by atoms with Gasteiger partial charge >= 0.3 is 5.97 Å². The molecule has 0 radical (unpaired) electrons. The summed E-state index contributed by atoms with van der Waals surface area (Å²) < 4.78 is 21.3. The van der Waals surface area contributed by atoms with E-state index in [1.807, 2.05) is 0 Å². The predicted molar refractivity (Wildman–Crippen MR) is 129 cm³/mol. The fourth-order valence-electron chi connectivity index (χ4n) is 5.10. The van der Waals surface area contributed by atoms with Crippen LogP contribution in [0.1, 0.15) is 61.8 Å². The van der Waals surface area contributed by atoms with E-state index in [1.54, 1.807) is 6.92 Å². The number of ether oxygens (including phenoxy) is 1. The summed E-state index contributed by atoms with van der Waals surface area (Å²) in [5.74, 6) is -2.22. The number of esters is 1. The topological polar surface area (TPSA) is 150 Å². The molecule has 4 atom stereocenters. The van der Waals surface area contributed by atoms with Crippen LogP contribution in [-0.4, -0.2) is 69.3 Å². The molecular formula is C25H32FN3O7. The van der Waals surface area contributed by atoms with Gasteiger partial charge < -0.3 is 35.3 Å². The Hall–Kier alpha value is -3.02. The molecule has 2 fully saturated rings. The largest absolute Gasteiger partial charge is 0.465 e. The summed E-state index contributed by atoms with van der Waals surface area (Å²) in [5, 5.41) is 36.3. The van der Waals surface area contributed by atoms with Gasteiger partial charge in [-0.1, -0.05) is 19.3 Å². The first-order chi connectivity index (χ1) is 17.2. The van der Waals surface area contributed by atoms with E-state index in [-0.39, 0.29) is 41.2 Å². The summed E-state index contributed by atoms with van der Waals surface area (Å²) in [4.78, 5) is 37.7. The summed E-state index contributed by atoms with van der Waals surface area (Å²) >= 11 is 0. The van der Waals surface area contributed by atoms with Crippen LogP contribution in [0.5, 0.6) is 0 Å². The highest BCUT2D eigenvalue weighted by Gasteiger charge is 2.42. The molecule has 196 valence electrons. The number of benzene rings is 1. The molecular weight excluding hydrogens is 473 g/mol. The Labute approximate surface area is 207 Å². The Balaban J connectivity index is 1.78. The minimum atomic E-state index is -1.43. The van der Waals surface area contributed by atoms with Gasteiger partial charge in [0, 0.05) is 17.6 Å². The number of pyridine rings is 1. The van der Waals surface area contributed by atoms with E-state index >= 15 is 4.39 Å². The van der Waals surface area contributed by atoms with Crippen molar-refractivity contribution in [3.63, 3.8) is 0 Å². The SMILES string of the molecule is CCOC(=O)CNC(=O)c1cn(C2CC(O)C(O)C2O)c2cc(NC3CCCCC3)c(F)cc2c1=O. The first-order valence-corrected chi connectivity index (χ1v) is 12.3. The lowest BCUT2D eigenvalue weighted by Crippen LogP contribution is -2.35. The van der Waals surface area contributed by atoms with Crippen LogP contribution in [0.3, 0.4) is 0 Å². The Bertz CT molecular complexity index is 1190. The van der Waals surface area contributed by atoms with Crippen molar-refractivity contribution in [3.8, 4) is 0 Å². The van der Waals surface area contributed by atoms with Gasteiger partial charge in [-0.2, -0.15) is 0 Å². The van der Waals surface area contributed by atoms with E-state index < -0.39 is 54.0 Å². The molecule has 1 aromatic heterocycles. The Morgan fingerprint density at radius 3 is 2.50 bits per heavy atom. The molecule has 2 saturated carbocycles. The van der Waals surface area contributed by atoms with Gasteiger partial charge in [0.2, 0.25) is 5.43 Å². The highest BCUT2D eigenvalue weighted by Crippen LogP contribution is 2.35. The fraction of sp³-hybridized carbons (Fsp3) is 0.560. The normalized spacial score (nSPS) is 24.6. The van der Waals surface area contributed by atoms with Gasteiger partial charge in [0.25, 0.3) is 5.91 Å². The number of aromatic nitrogens is 1. The molecule has 1 heterocycles. The predicted octanol–water partition coefficient (Wildman–Crippen LogP) is 1.21. The first kappa shape index (κ1) is 26.1. The number of hydrogen-bond donors (Lipinski definition) is 5. The zero-order valence-electron chi connectivity index (χ0n) is 20.1. The number of carbonyl (C=O) groups is 2. The van der Waals surface area contributed by atoms with Crippen LogP contribution in [0.2, 0.25) is 0 Å². The van der Waals surface area contributed by atoms with Gasteiger partial charge in [0.05, 0.1) is 30.0 Å². The lowest BCUT2D eigenvalue weighted by Gasteiger charge is -2.26. The maximum Gasteiger partial charge on any atom is 0.325 e. The van der Waals surface area contributed by atoms with Crippen LogP contribution in [0.15, 0.2) is 23.1 Å². The lowest BCUT2D eigenvalue weighted by atomic mass is 9.95. The van der Waals surface area contributed by atoms with Crippen LogP contribution in [-0.2, 0) is 9.53 Å². The Morgan fingerprint density at radius 2 is 1.86 bits per heavy atom. The second-order valence-electron chi connectivity index (χ2n) is 9.45. The molecule has 10 nitrogen and oxygen atoms in total. The number of aliphatic hydroxyl groups excluding tert-OH is 3. The van der Waals surface area contributed by atoms with Crippen LogP contribution < -0.4 is 16.1 Å². The summed E-state index contributed by atoms with van der Waals surface area (Å²) in [7, 11) is 0. The van der Waals surface area contributed by atoms with Crippen LogP contribution in [0, 0.1) is 5.82 Å². The van der Waals surface area contributed by atoms with Crippen molar-refractivity contribution in [1.82, 2.24) is 9.88 Å². The molecule has 0 bridgehead atoms. The van der Waals surface area contributed by atoms with Gasteiger partial charge in [-0.05, 0) is 38.3 Å². The van der Waals surface area contributed by atoms with Crippen molar-refractivity contribution in [3.05, 3.63) is 39.9 Å². The third-order valence-electron chi connectivity index (χ3n) is 7.01. The third kappa shape index (κ3) is 5.23. The fourth-order valence-corrected chi connectivity index (χ4v) is 5.10. The number of carbonyl (C=O) groups excluding carboxylic acids is 2. The van der Waals surface area contributed by atoms with E-state index in [0.717, 1.165) is 38.2 Å². The number of nitrogens with zero attached hydrogens (tertiary/aromatic N) is 1. The smallest absolute Gasteiger partial charge is 0.325 e. The molecule has 11 heteroatoms. The lowest BCUT2D eigenvalue weighted by molar-refractivity contribution is -0.141. The zero-order chi connectivity index (χ0) is 26.0. The highest BCUT2D eigenvalue weighted by atomic mass is 19.1. The summed E-state index contributed by atoms with van der Waals surface area (Å²) in [6.07, 6.45) is 2.11. The van der Waals surface area contributed by atoms with Crippen molar-refractivity contribution in [1.29, 1.82) is 0 Å². The molecule has 1 aromatic carbocycles. The molecule has 4 unspecified atom stereocenters. The number of amides is 1. The van der Waals surface area contributed by atoms with Crippen molar-refractivity contribution < 1.29 is 34.0 Å². The Morgan fingerprint density at radius 1 is 1.14 bits per heavy atom. The van der Waals surface area contributed by atoms with Gasteiger partial charge in [0.15, 0.2) is 0 Å². The van der Waals surface area contributed by atoms with Gasteiger partial charge in [-0.15, -0.1) is 0 Å². The average molecular weight is 506 g/mol. The summed E-state index contributed by atoms with van der Waals surface area (Å²) in [6, 6.07) is 1.71. The maximum atomic E-state index is 15.1. The minimum Gasteiger partial charge on any atom is -0.465 e. The second kappa shape index (κ2) is 10.9. The van der Waals surface area contributed by atoms with E-state index in [0.29, 0.717) is 0 Å². The van der Waals surface area contributed by atoms with Crippen LogP contribution in [0.25, 0.3) is 10.9 Å². The summed E-state index contributed by atoms with van der Waals surface area (Å²) in [5.41, 5.74) is -0.691. The van der Waals surface area contributed by atoms with Gasteiger partial charge in [-0.25, -0.2) is 4.39 Å². The van der Waals surface area contributed by atoms with Gasteiger partial charge in [-0.3, -0.25) is 14.4 Å². The molecule has 1 amide bonds. The summed E-state index contributed by atoms with van der Waals surface area (Å²) in [6.45, 7) is 1.27. The number of hydrogen-bond acceptors (Lipinski definition) is 8. The highest BCUT2D eigenvalue weighted by molar-refractivity contribution is 5.99. The molecule has 5 N–H and O–H groups in total. The molecule has 0 saturated heterocycles. The van der Waals surface area contributed by atoms with Crippen molar-refractivity contribution in [2.45, 2.75) is 75.8 Å². The number of nitrogens with one attached hydrogen (secondary N) is 2. The molecule has 2 aliphatic rings. The zero-order valence-corrected chi connectivity index (χ0v) is 20.1. The Kier molecular flexibility index (Phi) is 7.91. The van der Waals surface area contributed by atoms with Gasteiger partial charge in [0.1, 0.15) is 30.1 Å². The van der Waals surface area contributed by atoms with Crippen LogP contribution in [0.4, 0.5) is 10.1 Å². The van der Waals surface area contributed by atoms with Crippen molar-refractivity contribution >= 4 is 28.5 Å². The van der Waals surface area contributed by atoms with E-state index in [9.17, 15) is 29.7 Å². The molecule has 2 aromatic rings. The maximum absolute atomic E-state index is 15.1. The number of anilines is 1. The standard InChI is InChI=1S/C25H32FN3O7/c1-2-36-21(31)11-27-25(35)15-12-29(19-10-20(30)24(34)23(19)33)18-9-17(16(26)8-14(18)22(15)32)28-13-6-4-3-5-7-13/h8-9,12-13,19-20,23-24,28,30,33-34H,2-7,10-11H2,1H3,(H,27,35). The molecule has 0 aliphatic heterocycles. The van der Waals surface area contributed by atoms with Crippen molar-refractivity contribution in [2.75, 3.05) is 18.5 Å². The minimum absolute atomic E-state index is 0.0487. The van der Waals surface area contributed by atoms with Crippen molar-refractivity contribution in [2.24, 2.45) is 0 Å². The number of aliphatic hydroxyl groups is 3. The molecule has 36 heavy (non-hydrogen) atoms. The number of halogens is 1. The van der Waals surface area contributed by atoms with E-state index in [4.69, 9.17) is 4.74 Å². The monoisotopic (exact) mass is 505 g/mol. The quantitative estimate of drug-likeness (QED) is 0.353.